The second kappa shape index (κ2) is 15.9. The summed E-state index contributed by atoms with van der Waals surface area (Å²) in [5, 5.41) is 2.49. The Morgan fingerprint density at radius 1 is 0.929 bits per heavy atom. The number of nitrogens with two attached hydrogens (primary N) is 1. The molecule has 42 heavy (non-hydrogen) atoms. The molecule has 1 aliphatic heterocycles. The van der Waals surface area contributed by atoms with E-state index >= 15 is 0 Å². The van der Waals surface area contributed by atoms with Crippen molar-refractivity contribution < 1.29 is 42.8 Å². The maximum absolute atomic E-state index is 12.6. The third-order valence-electron chi connectivity index (χ3n) is 7.01. The molecule has 1 aliphatic rings. The lowest BCUT2D eigenvalue weighted by Gasteiger charge is -2.18. The first-order chi connectivity index (χ1) is 20.1. The Bertz CT molecular complexity index is 1220. The number of methoxy groups -OCH3 is 3. The number of carbonyl (C=O) groups is 3. The van der Waals surface area contributed by atoms with Gasteiger partial charge in [0.25, 0.3) is 0 Å². The highest BCUT2D eigenvalue weighted by Gasteiger charge is 2.37. The number of benzene rings is 2. The van der Waals surface area contributed by atoms with Crippen LogP contribution in [0.25, 0.3) is 0 Å². The third-order valence-corrected chi connectivity index (χ3v) is 7.01. The molecule has 0 aliphatic carbocycles. The average molecular weight is 587 g/mol. The van der Waals surface area contributed by atoms with Crippen molar-refractivity contribution in [3.63, 3.8) is 0 Å². The number of nitrogens with one attached hydrogen (secondary N) is 1. The number of carbonyl (C=O) groups excluding carboxylic acids is 3. The summed E-state index contributed by atoms with van der Waals surface area (Å²) in [5.74, 6) is 1.02. The minimum Gasteiger partial charge on any atom is -0.493 e. The van der Waals surface area contributed by atoms with Crippen molar-refractivity contribution in [1.29, 1.82) is 0 Å². The van der Waals surface area contributed by atoms with Crippen LogP contribution in [0.4, 0.5) is 0 Å². The summed E-state index contributed by atoms with van der Waals surface area (Å²) >= 11 is 0. The average Bonchev–Trinajstić information content (AvgIpc) is 3.31. The number of hydrogen-bond acceptors (Lipinski definition) is 10. The Hall–Kier alpha value is -3.99. The number of cyclic esters (lactones) is 1. The monoisotopic (exact) mass is 586 g/mol. The Labute approximate surface area is 246 Å². The van der Waals surface area contributed by atoms with Crippen molar-refractivity contribution in [3.8, 4) is 23.0 Å². The molecule has 3 rings (SSSR count). The van der Waals surface area contributed by atoms with Crippen LogP contribution >= 0.6 is 0 Å². The van der Waals surface area contributed by atoms with Gasteiger partial charge in [-0.25, -0.2) is 0 Å². The molecule has 2 aromatic carbocycles. The van der Waals surface area contributed by atoms with Crippen LogP contribution < -0.4 is 30.0 Å². The summed E-state index contributed by atoms with van der Waals surface area (Å²) in [4.78, 5) is 36.5. The molecule has 3 atom stereocenters. The van der Waals surface area contributed by atoms with Crippen molar-refractivity contribution in [2.75, 3.05) is 47.7 Å². The van der Waals surface area contributed by atoms with E-state index in [0.29, 0.717) is 48.9 Å². The zero-order valence-electron chi connectivity index (χ0n) is 25.0. The van der Waals surface area contributed by atoms with Crippen LogP contribution in [0.1, 0.15) is 31.4 Å². The number of ether oxygens (including phenoxy) is 6. The second-order valence-corrected chi connectivity index (χ2v) is 10.6. The van der Waals surface area contributed by atoms with Crippen LogP contribution in [0.2, 0.25) is 0 Å². The molecule has 2 unspecified atom stereocenters. The van der Waals surface area contributed by atoms with Gasteiger partial charge in [-0.05, 0) is 60.6 Å². The van der Waals surface area contributed by atoms with Gasteiger partial charge in [-0.3, -0.25) is 14.4 Å². The predicted octanol–water partition coefficient (Wildman–Crippen LogP) is 2.70. The van der Waals surface area contributed by atoms with E-state index in [2.05, 4.69) is 5.32 Å². The third kappa shape index (κ3) is 9.27. The van der Waals surface area contributed by atoms with Gasteiger partial charge in [-0.15, -0.1) is 0 Å². The highest BCUT2D eigenvalue weighted by atomic mass is 16.6. The number of esters is 2. The number of amides is 1. The lowest BCUT2D eigenvalue weighted by Crippen LogP contribution is -2.43. The summed E-state index contributed by atoms with van der Waals surface area (Å²) < 4.78 is 32.5. The van der Waals surface area contributed by atoms with Gasteiger partial charge in [-0.2, -0.15) is 0 Å². The number of rotatable bonds is 16. The van der Waals surface area contributed by atoms with Crippen LogP contribution in [0.15, 0.2) is 36.4 Å². The van der Waals surface area contributed by atoms with Crippen molar-refractivity contribution in [2.24, 2.45) is 23.5 Å². The summed E-state index contributed by atoms with van der Waals surface area (Å²) in [6.07, 6.45) is 1.67. The molecule has 230 valence electrons. The first-order valence-electron chi connectivity index (χ1n) is 14.0. The van der Waals surface area contributed by atoms with Crippen LogP contribution in [0.3, 0.4) is 0 Å². The Kier molecular flexibility index (Phi) is 12.3. The van der Waals surface area contributed by atoms with Gasteiger partial charge in [0.05, 0.1) is 39.9 Å². The van der Waals surface area contributed by atoms with Crippen LogP contribution in [0.5, 0.6) is 23.0 Å². The minimum atomic E-state index is -0.667. The molecule has 2 aromatic rings. The maximum atomic E-state index is 12.6. The van der Waals surface area contributed by atoms with Gasteiger partial charge in [0.1, 0.15) is 19.8 Å². The lowest BCUT2D eigenvalue weighted by molar-refractivity contribution is -0.144. The van der Waals surface area contributed by atoms with E-state index in [9.17, 15) is 14.4 Å². The first-order valence-corrected chi connectivity index (χ1v) is 14.0. The largest absolute Gasteiger partial charge is 0.493 e. The van der Waals surface area contributed by atoms with E-state index in [1.165, 1.54) is 7.11 Å². The van der Waals surface area contributed by atoms with Crippen LogP contribution in [0, 0.1) is 17.8 Å². The molecule has 1 amide bonds. The predicted molar refractivity (Wildman–Crippen MR) is 155 cm³/mol. The molecular formula is C31H42N2O9. The summed E-state index contributed by atoms with van der Waals surface area (Å²) in [5.41, 5.74) is 7.74. The normalized spacial score (nSPS) is 16.9. The summed E-state index contributed by atoms with van der Waals surface area (Å²) in [6, 6.07) is 10.5. The molecule has 0 radical (unpaired) electrons. The highest BCUT2D eigenvalue weighted by Crippen LogP contribution is 2.35. The number of hydrogen-bond donors (Lipinski definition) is 2. The van der Waals surface area contributed by atoms with E-state index < -0.39 is 12.0 Å². The molecule has 0 bridgehead atoms. The van der Waals surface area contributed by atoms with Gasteiger partial charge in [0.2, 0.25) is 5.91 Å². The smallest absolute Gasteiger partial charge is 0.325 e. The fourth-order valence-corrected chi connectivity index (χ4v) is 4.84. The summed E-state index contributed by atoms with van der Waals surface area (Å²) in [6.45, 7) is 4.10. The van der Waals surface area contributed by atoms with Gasteiger partial charge in [0, 0.05) is 5.92 Å². The van der Waals surface area contributed by atoms with Gasteiger partial charge in [-0.1, -0.05) is 26.0 Å². The molecular weight excluding hydrogens is 544 g/mol. The Morgan fingerprint density at radius 2 is 1.55 bits per heavy atom. The minimum absolute atomic E-state index is 0.00272. The molecule has 1 saturated heterocycles. The van der Waals surface area contributed by atoms with Crippen molar-refractivity contribution in [2.45, 2.75) is 39.2 Å². The zero-order valence-corrected chi connectivity index (χ0v) is 25.0. The van der Waals surface area contributed by atoms with Gasteiger partial charge >= 0.3 is 11.9 Å². The molecule has 11 nitrogen and oxygen atoms in total. The molecule has 0 saturated carbocycles. The fourth-order valence-electron chi connectivity index (χ4n) is 4.84. The summed E-state index contributed by atoms with van der Waals surface area (Å²) in [7, 11) is 4.71. The van der Waals surface area contributed by atoms with Crippen LogP contribution in [-0.4, -0.2) is 71.6 Å². The molecule has 1 fully saturated rings. The topological polar surface area (TPSA) is 145 Å². The van der Waals surface area contributed by atoms with E-state index in [4.69, 9.17) is 34.2 Å². The van der Waals surface area contributed by atoms with E-state index in [0.717, 1.165) is 11.1 Å². The molecule has 11 heteroatoms. The maximum Gasteiger partial charge on any atom is 0.325 e. The van der Waals surface area contributed by atoms with Gasteiger partial charge in [0.15, 0.2) is 23.0 Å². The highest BCUT2D eigenvalue weighted by molar-refractivity contribution is 5.85. The quantitative estimate of drug-likeness (QED) is 0.222. The fraction of sp³-hybridized carbons (Fsp3) is 0.516. The van der Waals surface area contributed by atoms with E-state index in [1.54, 1.807) is 20.3 Å². The molecule has 1 heterocycles. The van der Waals surface area contributed by atoms with Crippen molar-refractivity contribution >= 4 is 17.8 Å². The Morgan fingerprint density at radius 3 is 2.19 bits per heavy atom. The SMILES string of the molecule is COc1ccc(CC2COC(=O)C2Cc2ccc(OCCOC(=O)CNC(=O)[C@@H](N)CC(C)C)c(OC)c2)cc1OC. The Balaban J connectivity index is 1.50. The van der Waals surface area contributed by atoms with Gasteiger partial charge < -0.3 is 39.5 Å². The van der Waals surface area contributed by atoms with E-state index in [1.807, 2.05) is 44.2 Å². The zero-order chi connectivity index (χ0) is 30.6. The first kappa shape index (κ1) is 32.5. The molecule has 0 spiro atoms. The standard InChI is InChI=1S/C31H42N2O9/c1-19(2)12-24(32)30(35)33-17-29(34)41-11-10-40-26-9-7-21(16-28(26)39-5)14-23-22(18-42-31(23)36)13-20-6-8-25(37-3)27(15-20)38-4/h6-9,15-16,19,22-24H,10-14,17-18,32H2,1-5H3,(H,33,35)/t22?,23?,24-/m0/s1. The molecule has 3 N–H and O–H groups in total. The molecule has 0 aromatic heterocycles. The lowest BCUT2D eigenvalue weighted by atomic mass is 9.85. The van der Waals surface area contributed by atoms with Crippen molar-refractivity contribution in [1.82, 2.24) is 5.32 Å². The van der Waals surface area contributed by atoms with Crippen LogP contribution in [-0.2, 0) is 36.7 Å². The van der Waals surface area contributed by atoms with Crippen molar-refractivity contribution in [3.05, 3.63) is 47.5 Å². The second-order valence-electron chi connectivity index (χ2n) is 10.6. The van der Waals surface area contributed by atoms with E-state index in [-0.39, 0.29) is 49.4 Å².